The summed E-state index contributed by atoms with van der Waals surface area (Å²) in [7, 11) is 0. The highest BCUT2D eigenvalue weighted by Gasteiger charge is 2.56. The molecule has 1 aliphatic carbocycles. The molecule has 4 nitrogen and oxygen atoms in total. The number of imidazole rings is 1. The minimum Gasteiger partial charge on any atom is -0.341 e. The number of fused-ring (bicyclic) bond motifs is 1. The first-order valence-corrected chi connectivity index (χ1v) is 8.62. The van der Waals surface area contributed by atoms with E-state index in [0.717, 1.165) is 36.4 Å². The normalized spacial score (nSPS) is 26.0. The van der Waals surface area contributed by atoms with Gasteiger partial charge in [0.1, 0.15) is 12.4 Å². The quantitative estimate of drug-likeness (QED) is 0.852. The molecule has 1 atom stereocenters. The molecule has 0 bridgehead atoms. The second-order valence-electron chi connectivity index (χ2n) is 7.96. The van der Waals surface area contributed by atoms with Crippen LogP contribution in [0.5, 0.6) is 0 Å². The summed E-state index contributed by atoms with van der Waals surface area (Å²) in [5, 5.41) is 0. The molecule has 1 aromatic carbocycles. The molecular formula is C19H25N3O. The van der Waals surface area contributed by atoms with E-state index in [1.807, 2.05) is 31.2 Å². The van der Waals surface area contributed by atoms with Crippen molar-refractivity contribution in [3.05, 3.63) is 30.1 Å². The van der Waals surface area contributed by atoms with Crippen molar-refractivity contribution < 1.29 is 4.79 Å². The summed E-state index contributed by atoms with van der Waals surface area (Å²) in [6, 6.07) is 8.05. The molecule has 1 spiro atoms. The number of benzene rings is 1. The number of para-hydroxylation sites is 2. The van der Waals surface area contributed by atoms with Gasteiger partial charge in [-0.3, -0.25) is 4.79 Å². The minimum atomic E-state index is 0.232. The smallest absolute Gasteiger partial charge is 0.242 e. The Hall–Kier alpha value is -1.84. The molecule has 4 heteroatoms. The molecule has 1 aromatic heterocycles. The van der Waals surface area contributed by atoms with Crippen molar-refractivity contribution in [2.75, 3.05) is 13.1 Å². The van der Waals surface area contributed by atoms with Crippen LogP contribution in [0.4, 0.5) is 0 Å². The molecule has 1 unspecified atom stereocenters. The Morgan fingerprint density at radius 1 is 1.22 bits per heavy atom. The number of amides is 1. The van der Waals surface area contributed by atoms with Gasteiger partial charge >= 0.3 is 0 Å². The van der Waals surface area contributed by atoms with Crippen LogP contribution in [-0.2, 0) is 11.3 Å². The van der Waals surface area contributed by atoms with Crippen molar-refractivity contribution in [1.29, 1.82) is 0 Å². The molecule has 2 aliphatic rings. The van der Waals surface area contributed by atoms with Gasteiger partial charge in [0.15, 0.2) is 0 Å². The SMILES string of the molecule is Cc1nc2ccccc2n1CC(=O)N1CCC2(CCC2(C)C)C1. The first-order valence-electron chi connectivity index (χ1n) is 8.62. The lowest BCUT2D eigenvalue weighted by Crippen LogP contribution is -2.49. The molecule has 1 saturated carbocycles. The lowest BCUT2D eigenvalue weighted by molar-refractivity contribution is -0.132. The second kappa shape index (κ2) is 4.83. The van der Waals surface area contributed by atoms with Crippen molar-refractivity contribution >= 4 is 16.9 Å². The number of likely N-dealkylation sites (tertiary alicyclic amines) is 1. The monoisotopic (exact) mass is 311 g/mol. The predicted molar refractivity (Wildman–Crippen MR) is 91.1 cm³/mol. The lowest BCUT2D eigenvalue weighted by Gasteiger charge is -2.54. The summed E-state index contributed by atoms with van der Waals surface area (Å²) in [6.07, 6.45) is 3.73. The molecule has 1 saturated heterocycles. The van der Waals surface area contributed by atoms with Crippen molar-refractivity contribution in [3.63, 3.8) is 0 Å². The van der Waals surface area contributed by atoms with Crippen LogP contribution in [0.1, 0.15) is 38.9 Å². The maximum absolute atomic E-state index is 12.8. The maximum Gasteiger partial charge on any atom is 0.242 e. The number of hydrogen-bond donors (Lipinski definition) is 0. The Bertz CT molecular complexity index is 776. The third-order valence-corrected chi connectivity index (χ3v) is 6.51. The fourth-order valence-electron chi connectivity index (χ4n) is 4.45. The van der Waals surface area contributed by atoms with E-state index in [1.54, 1.807) is 0 Å². The summed E-state index contributed by atoms with van der Waals surface area (Å²) in [5.41, 5.74) is 2.78. The number of hydrogen-bond acceptors (Lipinski definition) is 2. The lowest BCUT2D eigenvalue weighted by atomic mass is 9.51. The topological polar surface area (TPSA) is 38.1 Å². The minimum absolute atomic E-state index is 0.232. The Morgan fingerprint density at radius 3 is 2.65 bits per heavy atom. The first kappa shape index (κ1) is 14.7. The second-order valence-corrected chi connectivity index (χ2v) is 7.96. The molecule has 0 radical (unpaired) electrons. The van der Waals surface area contributed by atoms with Gasteiger partial charge in [0, 0.05) is 13.1 Å². The fourth-order valence-corrected chi connectivity index (χ4v) is 4.45. The van der Waals surface area contributed by atoms with E-state index in [9.17, 15) is 4.79 Å². The number of nitrogens with zero attached hydrogens (tertiary/aromatic N) is 3. The number of rotatable bonds is 2. The average molecular weight is 311 g/mol. The predicted octanol–water partition coefficient (Wildman–Crippen LogP) is 3.38. The van der Waals surface area contributed by atoms with Gasteiger partial charge in [-0.25, -0.2) is 4.98 Å². The van der Waals surface area contributed by atoms with E-state index < -0.39 is 0 Å². The standard InChI is InChI=1S/C19H25N3O/c1-14-20-15-6-4-5-7-16(15)22(14)12-17(23)21-11-10-19(13-21)9-8-18(19,2)3/h4-7H,8-13H2,1-3H3. The molecule has 1 aliphatic heterocycles. The average Bonchev–Trinajstić information content (AvgIpc) is 3.11. The number of carbonyl (C=O) groups is 1. The van der Waals surface area contributed by atoms with Gasteiger partial charge in [0.2, 0.25) is 5.91 Å². The molecule has 2 aromatic rings. The highest BCUT2D eigenvalue weighted by atomic mass is 16.2. The Labute approximate surface area is 137 Å². The van der Waals surface area contributed by atoms with Gasteiger partial charge in [0.25, 0.3) is 0 Å². The Morgan fingerprint density at radius 2 is 2.00 bits per heavy atom. The van der Waals surface area contributed by atoms with E-state index >= 15 is 0 Å². The van der Waals surface area contributed by atoms with Crippen molar-refractivity contribution in [2.45, 2.75) is 46.6 Å². The van der Waals surface area contributed by atoms with Crippen LogP contribution in [0.3, 0.4) is 0 Å². The van der Waals surface area contributed by atoms with E-state index in [1.165, 1.54) is 12.8 Å². The van der Waals surface area contributed by atoms with Gasteiger partial charge in [0.05, 0.1) is 11.0 Å². The van der Waals surface area contributed by atoms with Gasteiger partial charge in [-0.1, -0.05) is 26.0 Å². The fraction of sp³-hybridized carbons (Fsp3) is 0.579. The largest absolute Gasteiger partial charge is 0.341 e. The van der Waals surface area contributed by atoms with E-state index in [-0.39, 0.29) is 5.91 Å². The molecule has 122 valence electrons. The van der Waals surface area contributed by atoms with Gasteiger partial charge in [-0.05, 0) is 49.1 Å². The first-order chi connectivity index (χ1) is 10.9. The zero-order valence-corrected chi connectivity index (χ0v) is 14.3. The van der Waals surface area contributed by atoms with Crippen LogP contribution in [-0.4, -0.2) is 33.4 Å². The van der Waals surface area contributed by atoms with Crippen LogP contribution in [0, 0.1) is 17.8 Å². The highest BCUT2D eigenvalue weighted by molar-refractivity contribution is 5.81. The molecular weight excluding hydrogens is 286 g/mol. The van der Waals surface area contributed by atoms with Crippen LogP contribution >= 0.6 is 0 Å². The van der Waals surface area contributed by atoms with E-state index in [4.69, 9.17) is 0 Å². The highest BCUT2D eigenvalue weighted by Crippen LogP contribution is 2.60. The van der Waals surface area contributed by atoms with Gasteiger partial charge in [-0.15, -0.1) is 0 Å². The van der Waals surface area contributed by atoms with Crippen molar-refractivity contribution in [1.82, 2.24) is 14.5 Å². The van der Waals surface area contributed by atoms with Crippen molar-refractivity contribution in [2.24, 2.45) is 10.8 Å². The van der Waals surface area contributed by atoms with Crippen LogP contribution in [0.15, 0.2) is 24.3 Å². The summed E-state index contributed by atoms with van der Waals surface area (Å²) >= 11 is 0. The summed E-state index contributed by atoms with van der Waals surface area (Å²) in [5.74, 6) is 1.15. The maximum atomic E-state index is 12.8. The third kappa shape index (κ3) is 2.11. The Kier molecular flexibility index (Phi) is 3.09. The molecule has 23 heavy (non-hydrogen) atoms. The third-order valence-electron chi connectivity index (χ3n) is 6.51. The summed E-state index contributed by atoms with van der Waals surface area (Å²) in [6.45, 7) is 8.95. The number of aryl methyl sites for hydroxylation is 1. The van der Waals surface area contributed by atoms with Crippen molar-refractivity contribution in [3.8, 4) is 0 Å². The molecule has 0 N–H and O–H groups in total. The summed E-state index contributed by atoms with van der Waals surface area (Å²) in [4.78, 5) is 19.5. The summed E-state index contributed by atoms with van der Waals surface area (Å²) < 4.78 is 2.05. The Balaban J connectivity index is 1.53. The van der Waals surface area contributed by atoms with Gasteiger partial charge < -0.3 is 9.47 Å². The zero-order chi connectivity index (χ0) is 16.2. The van der Waals surface area contributed by atoms with Crippen LogP contribution in [0.25, 0.3) is 11.0 Å². The molecule has 2 fully saturated rings. The zero-order valence-electron chi connectivity index (χ0n) is 14.3. The van der Waals surface area contributed by atoms with Gasteiger partial charge in [-0.2, -0.15) is 0 Å². The number of carbonyl (C=O) groups excluding carboxylic acids is 1. The number of aromatic nitrogens is 2. The molecule has 1 amide bonds. The molecule has 4 rings (SSSR count). The van der Waals surface area contributed by atoms with E-state index in [2.05, 4.69) is 28.3 Å². The molecule has 2 heterocycles. The van der Waals surface area contributed by atoms with Crippen LogP contribution < -0.4 is 0 Å². The van der Waals surface area contributed by atoms with E-state index in [0.29, 0.717) is 17.4 Å². The van der Waals surface area contributed by atoms with Crippen LogP contribution in [0.2, 0.25) is 0 Å².